The molecule has 7 nitrogen and oxygen atoms in total. The van der Waals surface area contributed by atoms with Gasteiger partial charge in [-0.3, -0.25) is 14.5 Å². The molecule has 0 unspecified atom stereocenters. The summed E-state index contributed by atoms with van der Waals surface area (Å²) in [6, 6.07) is 22.2. The molecule has 11 heteroatoms. The molecule has 238 valence electrons. The van der Waals surface area contributed by atoms with Gasteiger partial charge in [0.2, 0.25) is 0 Å². The lowest BCUT2D eigenvalue weighted by molar-refractivity contribution is -0.147. The average molecular weight is 824 g/mol. The summed E-state index contributed by atoms with van der Waals surface area (Å²) >= 11 is 10.0. The van der Waals surface area contributed by atoms with Crippen molar-refractivity contribution in [3.05, 3.63) is 92.9 Å². The van der Waals surface area contributed by atoms with Crippen molar-refractivity contribution in [1.29, 1.82) is 0 Å². The summed E-state index contributed by atoms with van der Waals surface area (Å²) in [5, 5.41) is 4.53. The molecule has 1 aliphatic heterocycles. The number of likely N-dealkylation sites (tertiary alicyclic amines) is 1. The van der Waals surface area contributed by atoms with Gasteiger partial charge in [-0.2, -0.15) is 13.5 Å². The summed E-state index contributed by atoms with van der Waals surface area (Å²) < 4.78 is 12.6. The van der Waals surface area contributed by atoms with Crippen LogP contribution in [0.2, 0.25) is 0 Å². The third-order valence-electron chi connectivity index (χ3n) is 6.87. The number of carbonyl (C=O) groups excluding carboxylic acids is 4. The Bertz CT molecular complexity index is 1720. The molecule has 0 radical (unpaired) electrons. The van der Waals surface area contributed by atoms with Crippen LogP contribution in [-0.4, -0.2) is 58.7 Å². The summed E-state index contributed by atoms with van der Waals surface area (Å²) in [4.78, 5) is 50.1. The van der Waals surface area contributed by atoms with Crippen molar-refractivity contribution in [2.75, 3.05) is 18.5 Å². The maximum Gasteiger partial charge on any atom is 0.411 e. The maximum absolute atomic E-state index is 12.5. The largest absolute Gasteiger partial charge is 0.456 e. The highest BCUT2D eigenvalue weighted by Crippen LogP contribution is 2.24. The van der Waals surface area contributed by atoms with E-state index in [9.17, 15) is 19.2 Å². The van der Waals surface area contributed by atoms with Crippen molar-refractivity contribution in [3.8, 4) is 0 Å². The van der Waals surface area contributed by atoms with Crippen LogP contribution in [0.15, 0.2) is 81.7 Å². The SMILES string of the molecule is CC(C)(C)OC(=O)N1CCC[C@H]1C(=O)OCC(=O)c1ccc2cc(Br)ccc2c1.O=C(CBr)c1ccc2cc(Br)ccc2c1.S. The Kier molecular flexibility index (Phi) is 13.2. The van der Waals surface area contributed by atoms with Crippen molar-refractivity contribution in [1.82, 2.24) is 4.90 Å². The number of halogens is 3. The third-order valence-corrected chi connectivity index (χ3v) is 8.36. The highest BCUT2D eigenvalue weighted by molar-refractivity contribution is 9.10. The quantitative estimate of drug-likeness (QED) is 0.110. The Morgan fingerprint density at radius 3 is 1.78 bits per heavy atom. The van der Waals surface area contributed by atoms with Crippen LogP contribution in [0.25, 0.3) is 21.5 Å². The molecular weight excluding hydrogens is 790 g/mol. The first kappa shape index (κ1) is 36.7. The number of esters is 1. The first-order valence-electron chi connectivity index (χ1n) is 14.0. The number of alkyl halides is 1. The second kappa shape index (κ2) is 16.2. The molecule has 0 aliphatic carbocycles. The van der Waals surface area contributed by atoms with E-state index in [1.54, 1.807) is 32.9 Å². The number of nitrogens with zero attached hydrogens (tertiary/aromatic N) is 1. The van der Waals surface area contributed by atoms with E-state index >= 15 is 0 Å². The zero-order valence-corrected chi connectivity index (χ0v) is 30.8. The van der Waals surface area contributed by atoms with E-state index in [-0.39, 0.29) is 31.7 Å². The Morgan fingerprint density at radius 2 is 1.27 bits per heavy atom. The Morgan fingerprint density at radius 1 is 0.778 bits per heavy atom. The first-order chi connectivity index (χ1) is 20.8. The normalized spacial score (nSPS) is 14.3. The van der Waals surface area contributed by atoms with Gasteiger partial charge in [-0.25, -0.2) is 9.59 Å². The summed E-state index contributed by atoms with van der Waals surface area (Å²) in [6.07, 6.45) is 0.647. The number of benzene rings is 4. The molecule has 1 saturated heterocycles. The minimum atomic E-state index is -0.716. The van der Waals surface area contributed by atoms with Crippen LogP contribution >= 0.6 is 61.3 Å². The minimum Gasteiger partial charge on any atom is -0.456 e. The number of amides is 1. The number of rotatable bonds is 6. The van der Waals surface area contributed by atoms with Gasteiger partial charge in [-0.05, 0) is 91.6 Å². The molecule has 1 heterocycles. The molecule has 5 rings (SSSR count). The summed E-state index contributed by atoms with van der Waals surface area (Å²) in [7, 11) is 0. The van der Waals surface area contributed by atoms with Crippen LogP contribution in [0.4, 0.5) is 4.79 Å². The number of carbonyl (C=O) groups is 4. The highest BCUT2D eigenvalue weighted by atomic mass is 79.9. The molecule has 1 amide bonds. The van der Waals surface area contributed by atoms with Gasteiger partial charge in [0.15, 0.2) is 18.2 Å². The molecule has 0 spiro atoms. The smallest absolute Gasteiger partial charge is 0.411 e. The number of ether oxygens (including phenoxy) is 2. The van der Waals surface area contributed by atoms with Gasteiger partial charge in [0.25, 0.3) is 0 Å². The Hall–Kier alpha value is -2.73. The third kappa shape index (κ3) is 10.1. The summed E-state index contributed by atoms with van der Waals surface area (Å²) in [6.45, 7) is 5.39. The molecule has 45 heavy (non-hydrogen) atoms. The zero-order valence-electron chi connectivity index (χ0n) is 25.1. The lowest BCUT2D eigenvalue weighted by Crippen LogP contribution is -2.44. The van der Waals surface area contributed by atoms with Gasteiger partial charge in [-0.1, -0.05) is 84.2 Å². The fourth-order valence-electron chi connectivity index (χ4n) is 4.72. The summed E-state index contributed by atoms with van der Waals surface area (Å²) in [5.74, 6) is -0.753. The predicted molar refractivity (Wildman–Crippen MR) is 193 cm³/mol. The van der Waals surface area contributed by atoms with Gasteiger partial charge < -0.3 is 9.47 Å². The van der Waals surface area contributed by atoms with E-state index in [4.69, 9.17) is 9.47 Å². The second-order valence-electron chi connectivity index (χ2n) is 11.3. The van der Waals surface area contributed by atoms with E-state index < -0.39 is 23.7 Å². The fourth-order valence-corrected chi connectivity index (χ4v) is 5.81. The van der Waals surface area contributed by atoms with Gasteiger partial charge >= 0.3 is 12.1 Å². The predicted octanol–water partition coefficient (Wildman–Crippen LogP) is 9.02. The molecule has 4 aromatic carbocycles. The monoisotopic (exact) mass is 821 g/mol. The standard InChI is InChI=1S/C22H24BrNO5.C12H8Br2O.H2S/c1-22(2,3)29-21(27)24-10-4-5-18(24)20(26)28-13-19(25)16-7-6-15-12-17(23)9-8-14(15)11-16;13-7-12(15)10-2-1-9-6-11(14)4-3-8(9)5-10;/h6-9,11-12,18H,4-5,10,13H2,1-3H3;1-6H,7H2;1H2/t18-;;/m0../s1. The number of hydrogen-bond acceptors (Lipinski definition) is 6. The Labute approximate surface area is 294 Å². The molecule has 1 atom stereocenters. The molecule has 0 N–H and O–H groups in total. The second-order valence-corrected chi connectivity index (χ2v) is 13.7. The van der Waals surface area contributed by atoms with Crippen LogP contribution in [0, 0.1) is 0 Å². The van der Waals surface area contributed by atoms with Crippen molar-refractivity contribution in [3.63, 3.8) is 0 Å². The summed E-state index contributed by atoms with van der Waals surface area (Å²) in [5.41, 5.74) is 0.584. The van der Waals surface area contributed by atoms with E-state index in [1.165, 1.54) is 4.90 Å². The van der Waals surface area contributed by atoms with E-state index in [0.29, 0.717) is 30.3 Å². The van der Waals surface area contributed by atoms with Crippen molar-refractivity contribution < 1.29 is 28.7 Å². The molecule has 0 bridgehead atoms. The number of ketones is 2. The molecule has 4 aromatic rings. The van der Waals surface area contributed by atoms with Gasteiger partial charge in [0, 0.05) is 26.6 Å². The van der Waals surface area contributed by atoms with Crippen LogP contribution < -0.4 is 0 Å². The molecule has 1 aliphatic rings. The highest BCUT2D eigenvalue weighted by Gasteiger charge is 2.37. The molecule has 0 aromatic heterocycles. The topological polar surface area (TPSA) is 90.0 Å². The van der Waals surface area contributed by atoms with Crippen molar-refractivity contribution in [2.24, 2.45) is 0 Å². The van der Waals surface area contributed by atoms with Crippen molar-refractivity contribution in [2.45, 2.75) is 45.3 Å². The molecule has 0 saturated carbocycles. The first-order valence-corrected chi connectivity index (χ1v) is 16.7. The average Bonchev–Trinajstić information content (AvgIpc) is 3.49. The van der Waals surface area contributed by atoms with Crippen molar-refractivity contribution >= 4 is 106 Å². The van der Waals surface area contributed by atoms with E-state index in [1.807, 2.05) is 60.7 Å². The van der Waals surface area contributed by atoms with Crippen LogP contribution in [0.3, 0.4) is 0 Å². The molecule has 1 fully saturated rings. The fraction of sp³-hybridized carbons (Fsp3) is 0.294. The zero-order chi connectivity index (χ0) is 32.0. The Balaban J connectivity index is 0.000000290. The number of fused-ring (bicyclic) bond motifs is 2. The van der Waals surface area contributed by atoms with Crippen LogP contribution in [-0.2, 0) is 14.3 Å². The van der Waals surface area contributed by atoms with Crippen LogP contribution in [0.1, 0.15) is 54.3 Å². The number of Topliss-reactive ketones (excluding diaryl/α,β-unsaturated/α-hetero) is 2. The van der Waals surface area contributed by atoms with Gasteiger partial charge in [0.05, 0.1) is 5.33 Å². The lowest BCUT2D eigenvalue weighted by Gasteiger charge is -2.27. The van der Waals surface area contributed by atoms with Crippen LogP contribution in [0.5, 0.6) is 0 Å². The van der Waals surface area contributed by atoms with E-state index in [2.05, 4.69) is 47.8 Å². The van der Waals surface area contributed by atoms with E-state index in [0.717, 1.165) is 36.1 Å². The molecular formula is C34H34Br3NO6S. The number of hydrogen-bond donors (Lipinski definition) is 0. The lowest BCUT2D eigenvalue weighted by atomic mass is 10.0. The van der Waals surface area contributed by atoms with Gasteiger partial charge in [-0.15, -0.1) is 0 Å². The van der Waals surface area contributed by atoms with Gasteiger partial charge in [0.1, 0.15) is 11.6 Å². The minimum absolute atomic E-state index is 0. The maximum atomic E-state index is 12.5.